The molecule has 6 heteroatoms. The third-order valence-electron chi connectivity index (χ3n) is 3.43. The van der Waals surface area contributed by atoms with Crippen LogP contribution in [0.3, 0.4) is 0 Å². The van der Waals surface area contributed by atoms with Crippen LogP contribution in [0.2, 0.25) is 5.02 Å². The normalized spacial score (nSPS) is 10.7. The van der Waals surface area contributed by atoms with Gasteiger partial charge < -0.3 is 15.0 Å². The number of carbonyl (C=O) groups excluding carboxylic acids is 1. The molecule has 0 aliphatic rings. The molecule has 0 saturated carbocycles. The van der Waals surface area contributed by atoms with Crippen molar-refractivity contribution >= 4 is 34.2 Å². The van der Waals surface area contributed by atoms with Gasteiger partial charge in [0.05, 0.1) is 29.5 Å². The van der Waals surface area contributed by atoms with E-state index in [9.17, 15) is 4.79 Å². The number of methoxy groups -OCH3 is 1. The molecule has 0 aliphatic heterocycles. The first-order valence-corrected chi connectivity index (χ1v) is 7.05. The highest BCUT2D eigenvalue weighted by molar-refractivity contribution is 6.32. The van der Waals surface area contributed by atoms with Crippen LogP contribution >= 0.6 is 11.6 Å². The number of nitrogens with one attached hydrogen (secondary N) is 2. The number of carbonyl (C=O) groups is 1. The summed E-state index contributed by atoms with van der Waals surface area (Å²) in [6, 6.07) is 8.77. The number of halogens is 1. The third-order valence-corrected chi connectivity index (χ3v) is 3.72. The second kappa shape index (κ2) is 5.69. The van der Waals surface area contributed by atoms with Crippen molar-refractivity contribution in [2.24, 2.45) is 0 Å². The van der Waals surface area contributed by atoms with E-state index in [0.717, 1.165) is 16.6 Å². The van der Waals surface area contributed by atoms with Gasteiger partial charge in [-0.1, -0.05) is 11.6 Å². The lowest BCUT2D eigenvalue weighted by Gasteiger charge is -2.11. The molecule has 112 valence electrons. The number of aryl methyl sites for hydroxylation is 1. The summed E-state index contributed by atoms with van der Waals surface area (Å²) in [7, 11) is 1.55. The van der Waals surface area contributed by atoms with E-state index in [1.54, 1.807) is 43.8 Å². The van der Waals surface area contributed by atoms with Crippen LogP contribution < -0.4 is 10.1 Å². The quantitative estimate of drug-likeness (QED) is 0.773. The van der Waals surface area contributed by atoms with E-state index in [4.69, 9.17) is 16.3 Å². The number of nitrogens with zero attached hydrogens (tertiary/aromatic N) is 1. The number of aromatic nitrogens is 2. The molecule has 0 saturated heterocycles. The predicted molar refractivity (Wildman–Crippen MR) is 86.8 cm³/mol. The van der Waals surface area contributed by atoms with Crippen molar-refractivity contribution in [2.45, 2.75) is 6.92 Å². The van der Waals surface area contributed by atoms with Crippen LogP contribution in [0, 0.1) is 6.92 Å². The van der Waals surface area contributed by atoms with Crippen molar-refractivity contribution in [3.63, 3.8) is 0 Å². The molecule has 0 atom stereocenters. The standard InChI is InChI=1S/C16H14ClN3O2/c1-9-5-15(22-2)11(17)7-13(9)20-16(21)10-3-4-12-14(6-10)19-8-18-12/h3-8H,1-2H3,(H,18,19)(H,20,21). The second-order valence-electron chi connectivity index (χ2n) is 4.89. The summed E-state index contributed by atoms with van der Waals surface area (Å²) in [6.45, 7) is 1.88. The topological polar surface area (TPSA) is 67.0 Å². The molecule has 5 nitrogen and oxygen atoms in total. The van der Waals surface area contributed by atoms with E-state index >= 15 is 0 Å². The molecule has 0 unspecified atom stereocenters. The molecular formula is C16H14ClN3O2. The SMILES string of the molecule is COc1cc(C)c(NC(=O)c2ccc3nc[nH]c3c2)cc1Cl. The fraction of sp³-hybridized carbons (Fsp3) is 0.125. The molecule has 2 aromatic carbocycles. The second-order valence-corrected chi connectivity index (χ2v) is 5.30. The number of hydrogen-bond donors (Lipinski definition) is 2. The third kappa shape index (κ3) is 2.63. The predicted octanol–water partition coefficient (Wildman–Crippen LogP) is 3.79. The largest absolute Gasteiger partial charge is 0.495 e. The summed E-state index contributed by atoms with van der Waals surface area (Å²) in [5, 5.41) is 3.31. The molecule has 1 heterocycles. The molecule has 1 amide bonds. The van der Waals surface area contributed by atoms with Gasteiger partial charge in [0.1, 0.15) is 5.75 Å². The molecule has 22 heavy (non-hydrogen) atoms. The molecule has 3 rings (SSSR count). The summed E-state index contributed by atoms with van der Waals surface area (Å²) < 4.78 is 5.15. The number of imidazole rings is 1. The van der Waals surface area contributed by atoms with Crippen molar-refractivity contribution in [1.29, 1.82) is 0 Å². The first-order chi connectivity index (χ1) is 10.6. The molecule has 3 aromatic rings. The maximum atomic E-state index is 12.4. The Morgan fingerprint density at radius 2 is 2.14 bits per heavy atom. The summed E-state index contributed by atoms with van der Waals surface area (Å²) in [6.07, 6.45) is 1.60. The van der Waals surface area contributed by atoms with Crippen molar-refractivity contribution < 1.29 is 9.53 Å². The smallest absolute Gasteiger partial charge is 0.255 e. The van der Waals surface area contributed by atoms with E-state index in [2.05, 4.69) is 15.3 Å². The lowest BCUT2D eigenvalue weighted by atomic mass is 10.1. The first-order valence-electron chi connectivity index (χ1n) is 6.67. The lowest BCUT2D eigenvalue weighted by Crippen LogP contribution is -2.12. The number of H-pyrrole nitrogens is 1. The van der Waals surface area contributed by atoms with Gasteiger partial charge in [0.2, 0.25) is 0 Å². The Labute approximate surface area is 132 Å². The highest BCUT2D eigenvalue weighted by atomic mass is 35.5. The number of rotatable bonds is 3. The minimum absolute atomic E-state index is 0.208. The van der Waals surface area contributed by atoms with Gasteiger partial charge in [-0.15, -0.1) is 0 Å². The van der Waals surface area contributed by atoms with E-state index in [0.29, 0.717) is 22.0 Å². The van der Waals surface area contributed by atoms with Gasteiger partial charge in [-0.2, -0.15) is 0 Å². The van der Waals surface area contributed by atoms with Gasteiger partial charge in [0.15, 0.2) is 0 Å². The van der Waals surface area contributed by atoms with Crippen LogP contribution in [0.25, 0.3) is 11.0 Å². The average molecular weight is 316 g/mol. The molecule has 0 spiro atoms. The summed E-state index contributed by atoms with van der Waals surface area (Å²) in [4.78, 5) is 19.5. The Bertz CT molecular complexity index is 858. The van der Waals surface area contributed by atoms with Crippen LogP contribution in [-0.2, 0) is 0 Å². The van der Waals surface area contributed by atoms with Crippen LogP contribution in [-0.4, -0.2) is 23.0 Å². The Kier molecular flexibility index (Phi) is 3.73. The molecule has 0 fully saturated rings. The summed E-state index contributed by atoms with van der Waals surface area (Å²) in [5.74, 6) is 0.372. The Morgan fingerprint density at radius 1 is 1.32 bits per heavy atom. The van der Waals surface area contributed by atoms with E-state index < -0.39 is 0 Å². The number of aromatic amines is 1. The Balaban J connectivity index is 1.89. The zero-order valence-corrected chi connectivity index (χ0v) is 12.9. The maximum absolute atomic E-state index is 12.4. The van der Waals surface area contributed by atoms with Gasteiger partial charge in [-0.3, -0.25) is 4.79 Å². The van der Waals surface area contributed by atoms with Gasteiger partial charge in [-0.25, -0.2) is 4.98 Å². The molecule has 0 bridgehead atoms. The monoisotopic (exact) mass is 315 g/mol. The zero-order chi connectivity index (χ0) is 15.7. The molecule has 2 N–H and O–H groups in total. The minimum atomic E-state index is -0.208. The number of hydrogen-bond acceptors (Lipinski definition) is 3. The van der Waals surface area contributed by atoms with E-state index in [1.807, 2.05) is 6.92 Å². The van der Waals surface area contributed by atoms with Crippen molar-refractivity contribution in [3.05, 3.63) is 52.8 Å². The van der Waals surface area contributed by atoms with Gasteiger partial charge in [-0.05, 0) is 42.8 Å². The van der Waals surface area contributed by atoms with Gasteiger partial charge >= 0.3 is 0 Å². The first kappa shape index (κ1) is 14.4. The molecule has 0 radical (unpaired) electrons. The number of anilines is 1. The fourth-order valence-corrected chi connectivity index (χ4v) is 2.46. The molecule has 1 aromatic heterocycles. The average Bonchev–Trinajstić information content (AvgIpc) is 2.97. The van der Waals surface area contributed by atoms with Gasteiger partial charge in [0, 0.05) is 11.3 Å². The van der Waals surface area contributed by atoms with Crippen molar-refractivity contribution in [3.8, 4) is 5.75 Å². The number of amides is 1. The minimum Gasteiger partial charge on any atom is -0.495 e. The Hall–Kier alpha value is -2.53. The Morgan fingerprint density at radius 3 is 2.91 bits per heavy atom. The lowest BCUT2D eigenvalue weighted by molar-refractivity contribution is 0.102. The number of benzene rings is 2. The fourth-order valence-electron chi connectivity index (χ4n) is 2.22. The van der Waals surface area contributed by atoms with Crippen molar-refractivity contribution in [1.82, 2.24) is 9.97 Å². The number of fused-ring (bicyclic) bond motifs is 1. The van der Waals surface area contributed by atoms with E-state index in [1.165, 1.54) is 0 Å². The van der Waals surface area contributed by atoms with Crippen LogP contribution in [0.1, 0.15) is 15.9 Å². The van der Waals surface area contributed by atoms with Crippen molar-refractivity contribution in [2.75, 3.05) is 12.4 Å². The van der Waals surface area contributed by atoms with Crippen LogP contribution in [0.5, 0.6) is 5.75 Å². The highest BCUT2D eigenvalue weighted by Crippen LogP contribution is 2.30. The zero-order valence-electron chi connectivity index (χ0n) is 12.1. The number of ether oxygens (including phenoxy) is 1. The maximum Gasteiger partial charge on any atom is 0.255 e. The van der Waals surface area contributed by atoms with Crippen LogP contribution in [0.15, 0.2) is 36.7 Å². The summed E-state index contributed by atoms with van der Waals surface area (Å²) in [5.41, 5.74) is 3.71. The van der Waals surface area contributed by atoms with Crippen LogP contribution in [0.4, 0.5) is 5.69 Å². The summed E-state index contributed by atoms with van der Waals surface area (Å²) >= 11 is 6.10. The van der Waals surface area contributed by atoms with E-state index in [-0.39, 0.29) is 5.91 Å². The molecular weight excluding hydrogens is 302 g/mol. The van der Waals surface area contributed by atoms with Gasteiger partial charge in [0.25, 0.3) is 5.91 Å². The highest BCUT2D eigenvalue weighted by Gasteiger charge is 2.12. The molecule has 0 aliphatic carbocycles.